The van der Waals surface area contributed by atoms with Crippen LogP contribution in [0.5, 0.6) is 0 Å². The van der Waals surface area contributed by atoms with Crippen molar-refractivity contribution in [3.63, 3.8) is 0 Å². The summed E-state index contributed by atoms with van der Waals surface area (Å²) in [5, 5.41) is 19.5. The number of aliphatic hydroxyl groups is 1. The van der Waals surface area contributed by atoms with Gasteiger partial charge < -0.3 is 15.5 Å². The molecule has 1 atom stereocenters. The number of pyridine rings is 1. The van der Waals surface area contributed by atoms with Gasteiger partial charge in [0.05, 0.1) is 12.1 Å². The first-order chi connectivity index (χ1) is 7.11. The lowest BCUT2D eigenvalue weighted by Crippen LogP contribution is -2.36. The van der Waals surface area contributed by atoms with Crippen LogP contribution in [-0.2, 0) is 4.79 Å². The van der Waals surface area contributed by atoms with Gasteiger partial charge in [-0.05, 0) is 12.1 Å². The van der Waals surface area contributed by atoms with Crippen molar-refractivity contribution in [2.45, 2.75) is 6.10 Å². The Hall–Kier alpha value is -1.95. The molecule has 0 unspecified atom stereocenters. The van der Waals surface area contributed by atoms with Crippen LogP contribution in [0.25, 0.3) is 0 Å². The Morgan fingerprint density at radius 3 is 2.80 bits per heavy atom. The van der Waals surface area contributed by atoms with Crippen molar-refractivity contribution in [1.82, 2.24) is 10.3 Å². The fourth-order valence-electron chi connectivity index (χ4n) is 0.876. The number of carboxylic acids is 1. The second-order valence-electron chi connectivity index (χ2n) is 2.81. The number of aliphatic carboxylic acids is 1. The number of nitrogens with zero attached hydrogens (tertiary/aromatic N) is 1. The largest absolute Gasteiger partial charge is 0.479 e. The number of carbonyl (C=O) groups is 2. The number of hydrogen-bond donors (Lipinski definition) is 3. The van der Waals surface area contributed by atoms with Gasteiger partial charge in [-0.25, -0.2) is 4.79 Å². The Balaban J connectivity index is 2.47. The predicted octanol–water partition coefficient (Wildman–Crippen LogP) is -0.743. The van der Waals surface area contributed by atoms with Gasteiger partial charge in [-0.2, -0.15) is 0 Å². The van der Waals surface area contributed by atoms with Crippen molar-refractivity contribution in [3.05, 3.63) is 30.1 Å². The Labute approximate surface area is 85.6 Å². The molecular formula is C9H10N2O4. The molecule has 0 spiro atoms. The minimum Gasteiger partial charge on any atom is -0.479 e. The number of aromatic nitrogens is 1. The second kappa shape index (κ2) is 5.06. The van der Waals surface area contributed by atoms with Crippen molar-refractivity contribution < 1.29 is 19.8 Å². The lowest BCUT2D eigenvalue weighted by Gasteiger charge is -2.07. The molecule has 0 aliphatic heterocycles. The number of rotatable bonds is 4. The molecule has 0 fully saturated rings. The molecule has 1 amide bonds. The fourth-order valence-corrected chi connectivity index (χ4v) is 0.876. The summed E-state index contributed by atoms with van der Waals surface area (Å²) in [5.74, 6) is -1.84. The Kier molecular flexibility index (Phi) is 3.75. The third-order valence-electron chi connectivity index (χ3n) is 1.66. The second-order valence-corrected chi connectivity index (χ2v) is 2.81. The summed E-state index contributed by atoms with van der Waals surface area (Å²) in [7, 11) is 0. The average Bonchev–Trinajstić information content (AvgIpc) is 2.26. The van der Waals surface area contributed by atoms with Gasteiger partial charge in [-0.3, -0.25) is 9.78 Å². The van der Waals surface area contributed by atoms with Gasteiger partial charge in [0.2, 0.25) is 0 Å². The first-order valence-corrected chi connectivity index (χ1v) is 4.20. The topological polar surface area (TPSA) is 99.5 Å². The number of hydrogen-bond acceptors (Lipinski definition) is 4. The molecule has 0 saturated carbocycles. The van der Waals surface area contributed by atoms with Crippen LogP contribution < -0.4 is 5.32 Å². The van der Waals surface area contributed by atoms with E-state index in [1.165, 1.54) is 18.5 Å². The Bertz CT molecular complexity index is 352. The zero-order valence-corrected chi connectivity index (χ0v) is 7.75. The van der Waals surface area contributed by atoms with Gasteiger partial charge >= 0.3 is 5.97 Å². The Morgan fingerprint density at radius 2 is 2.27 bits per heavy atom. The Morgan fingerprint density at radius 1 is 1.53 bits per heavy atom. The zero-order chi connectivity index (χ0) is 11.3. The maximum Gasteiger partial charge on any atom is 0.334 e. The van der Waals surface area contributed by atoms with E-state index in [1.807, 2.05) is 0 Å². The van der Waals surface area contributed by atoms with E-state index >= 15 is 0 Å². The van der Waals surface area contributed by atoms with Crippen molar-refractivity contribution in [3.8, 4) is 0 Å². The van der Waals surface area contributed by atoms with E-state index in [0.717, 1.165) is 0 Å². The quantitative estimate of drug-likeness (QED) is 0.607. The van der Waals surface area contributed by atoms with Crippen LogP contribution in [0.3, 0.4) is 0 Å². The number of carboxylic acid groups (broad SMARTS) is 1. The zero-order valence-electron chi connectivity index (χ0n) is 7.75. The summed E-state index contributed by atoms with van der Waals surface area (Å²) in [4.78, 5) is 25.3. The molecule has 1 aromatic heterocycles. The van der Waals surface area contributed by atoms with Crippen molar-refractivity contribution >= 4 is 11.9 Å². The lowest BCUT2D eigenvalue weighted by atomic mass is 10.2. The van der Waals surface area contributed by atoms with E-state index in [1.54, 1.807) is 6.07 Å². The molecule has 15 heavy (non-hydrogen) atoms. The van der Waals surface area contributed by atoms with Crippen LogP contribution in [0.1, 0.15) is 10.4 Å². The molecule has 3 N–H and O–H groups in total. The summed E-state index contributed by atoms with van der Waals surface area (Å²) in [6.45, 7) is -0.330. The molecule has 6 heteroatoms. The monoisotopic (exact) mass is 210 g/mol. The molecule has 1 rings (SSSR count). The highest BCUT2D eigenvalue weighted by Crippen LogP contribution is 1.94. The summed E-state index contributed by atoms with van der Waals surface area (Å²) >= 11 is 0. The van der Waals surface area contributed by atoms with E-state index in [-0.39, 0.29) is 6.54 Å². The maximum atomic E-state index is 11.3. The molecule has 6 nitrogen and oxygen atoms in total. The highest BCUT2D eigenvalue weighted by Gasteiger charge is 2.14. The van der Waals surface area contributed by atoms with E-state index in [4.69, 9.17) is 10.2 Å². The number of aliphatic hydroxyl groups excluding tert-OH is 1. The maximum absolute atomic E-state index is 11.3. The summed E-state index contributed by atoms with van der Waals surface area (Å²) in [6, 6.07) is 3.12. The van der Waals surface area contributed by atoms with Gasteiger partial charge in [0.1, 0.15) is 0 Å². The summed E-state index contributed by atoms with van der Waals surface area (Å²) in [5.41, 5.74) is 0.315. The van der Waals surface area contributed by atoms with Crippen LogP contribution in [0, 0.1) is 0 Å². The number of amides is 1. The van der Waals surface area contributed by atoms with Gasteiger partial charge in [0, 0.05) is 12.4 Å². The van der Waals surface area contributed by atoms with E-state index < -0.39 is 18.0 Å². The molecule has 0 saturated heterocycles. The molecule has 0 radical (unpaired) electrons. The van der Waals surface area contributed by atoms with Crippen LogP contribution in [-0.4, -0.2) is 39.7 Å². The smallest absolute Gasteiger partial charge is 0.334 e. The first-order valence-electron chi connectivity index (χ1n) is 4.20. The highest BCUT2D eigenvalue weighted by atomic mass is 16.4. The third-order valence-corrected chi connectivity index (χ3v) is 1.66. The average molecular weight is 210 g/mol. The van der Waals surface area contributed by atoms with Crippen molar-refractivity contribution in [2.75, 3.05) is 6.54 Å². The van der Waals surface area contributed by atoms with Crippen LogP contribution in [0.4, 0.5) is 0 Å². The van der Waals surface area contributed by atoms with E-state index in [0.29, 0.717) is 5.56 Å². The van der Waals surface area contributed by atoms with Crippen LogP contribution in [0.2, 0.25) is 0 Å². The predicted molar refractivity (Wildman–Crippen MR) is 50.2 cm³/mol. The van der Waals surface area contributed by atoms with E-state index in [9.17, 15) is 9.59 Å². The van der Waals surface area contributed by atoms with Crippen molar-refractivity contribution in [1.29, 1.82) is 0 Å². The molecule has 1 heterocycles. The fraction of sp³-hybridized carbons (Fsp3) is 0.222. The summed E-state index contributed by atoms with van der Waals surface area (Å²) < 4.78 is 0. The van der Waals surface area contributed by atoms with E-state index in [2.05, 4.69) is 10.3 Å². The SMILES string of the molecule is O=C(NC[C@H](O)C(=O)O)c1cccnc1. The molecular weight excluding hydrogens is 200 g/mol. The van der Waals surface area contributed by atoms with Gasteiger partial charge in [-0.1, -0.05) is 0 Å². The molecule has 0 bridgehead atoms. The molecule has 0 aromatic carbocycles. The van der Waals surface area contributed by atoms with Crippen LogP contribution >= 0.6 is 0 Å². The minimum absolute atomic E-state index is 0.315. The first kappa shape index (κ1) is 11.1. The van der Waals surface area contributed by atoms with Gasteiger partial charge in [0.25, 0.3) is 5.91 Å². The lowest BCUT2D eigenvalue weighted by molar-refractivity contribution is -0.146. The minimum atomic E-state index is -1.59. The number of nitrogens with one attached hydrogen (secondary N) is 1. The van der Waals surface area contributed by atoms with Crippen molar-refractivity contribution in [2.24, 2.45) is 0 Å². The standard InChI is InChI=1S/C9H10N2O4/c12-7(9(14)15)5-11-8(13)6-2-1-3-10-4-6/h1-4,7,12H,5H2,(H,11,13)(H,14,15)/t7-/m0/s1. The summed E-state index contributed by atoms with van der Waals surface area (Å²) in [6.07, 6.45) is 1.27. The van der Waals surface area contributed by atoms with Gasteiger partial charge in [0.15, 0.2) is 6.10 Å². The number of carbonyl (C=O) groups excluding carboxylic acids is 1. The molecule has 1 aromatic rings. The molecule has 0 aliphatic rings. The highest BCUT2D eigenvalue weighted by molar-refractivity contribution is 5.94. The van der Waals surface area contributed by atoms with Crippen LogP contribution in [0.15, 0.2) is 24.5 Å². The molecule has 0 aliphatic carbocycles. The van der Waals surface area contributed by atoms with Gasteiger partial charge in [-0.15, -0.1) is 0 Å². The normalized spacial score (nSPS) is 11.8. The molecule has 80 valence electrons. The third kappa shape index (κ3) is 3.35.